The summed E-state index contributed by atoms with van der Waals surface area (Å²) in [5, 5.41) is 9.32. The van der Waals surface area contributed by atoms with Crippen molar-refractivity contribution in [3.8, 4) is 17.2 Å². The second-order valence-corrected chi connectivity index (χ2v) is 6.56. The van der Waals surface area contributed by atoms with Gasteiger partial charge in [0.1, 0.15) is 11.3 Å². The summed E-state index contributed by atoms with van der Waals surface area (Å²) in [6.07, 6.45) is 3.80. The average molecular weight is 352 g/mol. The monoisotopic (exact) mass is 352 g/mol. The smallest absolute Gasteiger partial charge is 0.160 e. The van der Waals surface area contributed by atoms with Gasteiger partial charge in [0.25, 0.3) is 0 Å². The van der Waals surface area contributed by atoms with Gasteiger partial charge in [-0.3, -0.25) is 0 Å². The molecule has 0 unspecified atom stereocenters. The molecule has 0 aliphatic heterocycles. The highest BCUT2D eigenvalue weighted by Crippen LogP contribution is 2.24. The molecule has 27 heavy (non-hydrogen) atoms. The maximum Gasteiger partial charge on any atom is 0.160 e. The highest BCUT2D eigenvalue weighted by Gasteiger charge is 2.11. The Morgan fingerprint density at radius 2 is 1.81 bits per heavy atom. The fraction of sp³-hybridized carbons (Fsp3) is 0.174. The number of aromatic nitrogens is 3. The lowest BCUT2D eigenvalue weighted by molar-refractivity contribution is 0.717. The van der Waals surface area contributed by atoms with Gasteiger partial charge in [-0.15, -0.1) is 0 Å². The molecule has 0 aliphatic rings. The van der Waals surface area contributed by atoms with Crippen LogP contribution >= 0.6 is 0 Å². The minimum atomic E-state index is 0.695. The summed E-state index contributed by atoms with van der Waals surface area (Å²) in [6.45, 7) is 2.90. The number of imidazole rings is 1. The molecular weight excluding hydrogens is 332 g/mol. The first-order valence-corrected chi connectivity index (χ1v) is 9.18. The summed E-state index contributed by atoms with van der Waals surface area (Å²) in [6, 6.07) is 22.3. The van der Waals surface area contributed by atoms with Crippen LogP contribution in [0.15, 0.2) is 66.9 Å². The Morgan fingerprint density at radius 1 is 1.00 bits per heavy atom. The number of aryl methyl sites for hydroxylation is 1. The number of nitriles is 1. The summed E-state index contributed by atoms with van der Waals surface area (Å²) in [5.41, 5.74) is 5.78. The first kappa shape index (κ1) is 17.0. The van der Waals surface area contributed by atoms with Crippen molar-refractivity contribution in [3.63, 3.8) is 0 Å². The molecule has 0 N–H and O–H groups in total. The zero-order chi connectivity index (χ0) is 18.6. The lowest BCUT2D eigenvalue weighted by Crippen LogP contribution is -2.06. The van der Waals surface area contributed by atoms with E-state index in [1.54, 1.807) is 0 Å². The Kier molecular flexibility index (Phi) is 4.67. The third-order valence-electron chi connectivity index (χ3n) is 4.71. The Balaban J connectivity index is 1.67. The summed E-state index contributed by atoms with van der Waals surface area (Å²) in [4.78, 5) is 9.28. The molecule has 0 spiro atoms. The first-order valence-electron chi connectivity index (χ1n) is 9.18. The van der Waals surface area contributed by atoms with Gasteiger partial charge in [-0.2, -0.15) is 5.26 Å². The molecule has 2 aromatic carbocycles. The highest BCUT2D eigenvalue weighted by molar-refractivity contribution is 5.72. The topological polar surface area (TPSA) is 54.5 Å². The van der Waals surface area contributed by atoms with E-state index in [1.165, 1.54) is 5.56 Å². The molecule has 0 atom stereocenters. The van der Waals surface area contributed by atoms with E-state index in [-0.39, 0.29) is 0 Å². The maximum absolute atomic E-state index is 9.32. The second kappa shape index (κ2) is 7.43. The fourth-order valence-corrected chi connectivity index (χ4v) is 3.39. The van der Waals surface area contributed by atoms with Gasteiger partial charge in [-0.25, -0.2) is 9.97 Å². The molecule has 0 aliphatic carbocycles. The number of fused-ring (bicyclic) bond motifs is 1. The maximum atomic E-state index is 9.32. The summed E-state index contributed by atoms with van der Waals surface area (Å²) >= 11 is 0. The van der Waals surface area contributed by atoms with Crippen LogP contribution in [0.1, 0.15) is 30.3 Å². The van der Waals surface area contributed by atoms with E-state index < -0.39 is 0 Å². The van der Waals surface area contributed by atoms with Crippen molar-refractivity contribution in [3.05, 3.63) is 83.8 Å². The van der Waals surface area contributed by atoms with E-state index in [9.17, 15) is 5.26 Å². The minimum absolute atomic E-state index is 0.695. The van der Waals surface area contributed by atoms with Gasteiger partial charge in [0, 0.05) is 12.6 Å². The SMILES string of the molecule is CCCc1nc2cccnc2n1Cc1ccc(-c2ccccc2C#N)cc1. The van der Waals surface area contributed by atoms with Crippen LogP contribution in [0.4, 0.5) is 0 Å². The second-order valence-electron chi connectivity index (χ2n) is 6.56. The van der Waals surface area contributed by atoms with E-state index in [0.717, 1.165) is 47.5 Å². The lowest BCUT2D eigenvalue weighted by atomic mass is 9.99. The van der Waals surface area contributed by atoms with Crippen molar-refractivity contribution in [2.45, 2.75) is 26.3 Å². The summed E-state index contributed by atoms with van der Waals surface area (Å²) in [7, 11) is 0. The molecule has 4 rings (SSSR count). The van der Waals surface area contributed by atoms with Gasteiger partial charge in [0.05, 0.1) is 18.2 Å². The summed E-state index contributed by atoms with van der Waals surface area (Å²) < 4.78 is 2.21. The molecule has 0 fully saturated rings. The van der Waals surface area contributed by atoms with Crippen molar-refractivity contribution in [2.24, 2.45) is 0 Å². The van der Waals surface area contributed by atoms with E-state index in [4.69, 9.17) is 4.98 Å². The molecule has 2 aromatic heterocycles. The van der Waals surface area contributed by atoms with Crippen LogP contribution < -0.4 is 0 Å². The predicted octanol–water partition coefficient (Wildman–Crippen LogP) is 4.97. The fourth-order valence-electron chi connectivity index (χ4n) is 3.39. The Hall–Kier alpha value is -3.45. The van der Waals surface area contributed by atoms with Crippen molar-refractivity contribution in [1.82, 2.24) is 14.5 Å². The van der Waals surface area contributed by atoms with Crippen LogP contribution in [0, 0.1) is 11.3 Å². The van der Waals surface area contributed by atoms with Crippen LogP contribution in [0.2, 0.25) is 0 Å². The van der Waals surface area contributed by atoms with Crippen molar-refractivity contribution in [1.29, 1.82) is 5.26 Å². The molecule has 4 heteroatoms. The van der Waals surface area contributed by atoms with E-state index in [1.807, 2.05) is 42.6 Å². The van der Waals surface area contributed by atoms with Crippen molar-refractivity contribution < 1.29 is 0 Å². The Morgan fingerprint density at radius 3 is 2.59 bits per heavy atom. The number of rotatable bonds is 5. The number of benzene rings is 2. The van der Waals surface area contributed by atoms with Crippen LogP contribution in [0.3, 0.4) is 0 Å². The predicted molar refractivity (Wildman–Crippen MR) is 107 cm³/mol. The molecule has 2 heterocycles. The van der Waals surface area contributed by atoms with Crippen LogP contribution in [-0.2, 0) is 13.0 Å². The quantitative estimate of drug-likeness (QED) is 0.509. The summed E-state index contributed by atoms with van der Waals surface area (Å²) in [5.74, 6) is 1.07. The molecule has 4 nitrogen and oxygen atoms in total. The Bertz CT molecular complexity index is 1120. The van der Waals surface area contributed by atoms with Gasteiger partial charge in [-0.1, -0.05) is 49.4 Å². The van der Waals surface area contributed by atoms with Crippen molar-refractivity contribution in [2.75, 3.05) is 0 Å². The first-order chi connectivity index (χ1) is 13.3. The van der Waals surface area contributed by atoms with Gasteiger partial charge < -0.3 is 4.57 Å². The van der Waals surface area contributed by atoms with E-state index in [0.29, 0.717) is 5.56 Å². The molecule has 0 saturated heterocycles. The number of pyridine rings is 1. The molecule has 0 amide bonds. The Labute approximate surface area is 158 Å². The van der Waals surface area contributed by atoms with Crippen LogP contribution in [-0.4, -0.2) is 14.5 Å². The number of nitrogens with zero attached hydrogens (tertiary/aromatic N) is 4. The van der Waals surface area contributed by atoms with Gasteiger partial charge in [0.15, 0.2) is 5.65 Å². The molecule has 4 aromatic rings. The van der Waals surface area contributed by atoms with Crippen molar-refractivity contribution >= 4 is 11.2 Å². The largest absolute Gasteiger partial charge is 0.308 e. The van der Waals surface area contributed by atoms with E-state index >= 15 is 0 Å². The van der Waals surface area contributed by atoms with Crippen LogP contribution in [0.25, 0.3) is 22.3 Å². The van der Waals surface area contributed by atoms with Gasteiger partial charge in [-0.05, 0) is 41.3 Å². The van der Waals surface area contributed by atoms with E-state index in [2.05, 4.69) is 46.8 Å². The highest BCUT2D eigenvalue weighted by atomic mass is 15.1. The molecule has 0 radical (unpaired) electrons. The number of hydrogen-bond acceptors (Lipinski definition) is 3. The molecular formula is C23H20N4. The zero-order valence-electron chi connectivity index (χ0n) is 15.3. The molecule has 0 saturated carbocycles. The van der Waals surface area contributed by atoms with Crippen LogP contribution in [0.5, 0.6) is 0 Å². The minimum Gasteiger partial charge on any atom is -0.308 e. The normalized spacial score (nSPS) is 10.8. The third-order valence-corrected chi connectivity index (χ3v) is 4.71. The molecule has 132 valence electrons. The lowest BCUT2D eigenvalue weighted by Gasteiger charge is -2.10. The third kappa shape index (κ3) is 3.32. The number of hydrogen-bond donors (Lipinski definition) is 0. The molecule has 0 bridgehead atoms. The standard InChI is InChI=1S/C23H20N4/c1-2-6-22-26-21-9-5-14-25-23(21)27(22)16-17-10-12-18(13-11-17)20-8-4-3-7-19(20)15-24/h3-5,7-14H,2,6,16H2,1H3. The average Bonchev–Trinajstić information content (AvgIpc) is 3.06. The van der Waals surface area contributed by atoms with Gasteiger partial charge in [0.2, 0.25) is 0 Å². The zero-order valence-corrected chi connectivity index (χ0v) is 15.3. The van der Waals surface area contributed by atoms with Gasteiger partial charge >= 0.3 is 0 Å².